The van der Waals surface area contributed by atoms with Crippen molar-refractivity contribution in [2.24, 2.45) is 5.73 Å². The van der Waals surface area contributed by atoms with Crippen LogP contribution in [0.5, 0.6) is 5.75 Å². The summed E-state index contributed by atoms with van der Waals surface area (Å²) >= 11 is 0. The Kier molecular flexibility index (Phi) is 3.10. The van der Waals surface area contributed by atoms with E-state index in [9.17, 15) is 9.90 Å². The number of benzene rings is 1. The largest absolute Gasteiger partial charge is 0.507 e. The summed E-state index contributed by atoms with van der Waals surface area (Å²) in [6.45, 7) is 0.195. The van der Waals surface area contributed by atoms with Crippen molar-refractivity contribution in [1.82, 2.24) is 0 Å². The molecule has 0 aliphatic carbocycles. The molecule has 0 radical (unpaired) electrons. The van der Waals surface area contributed by atoms with E-state index in [0.29, 0.717) is 5.56 Å². The molecule has 1 rings (SSSR count). The van der Waals surface area contributed by atoms with Gasteiger partial charge in [0.05, 0.1) is 17.7 Å². The molecular formula is C10H9NO3. The first-order valence-corrected chi connectivity index (χ1v) is 3.90. The van der Waals surface area contributed by atoms with Gasteiger partial charge in [-0.15, -0.1) is 0 Å². The molecule has 0 atom stereocenters. The smallest absolute Gasteiger partial charge is 0.335 e. The number of carboxylic acids is 1. The maximum Gasteiger partial charge on any atom is 0.335 e. The second-order valence-electron chi connectivity index (χ2n) is 2.54. The molecule has 0 aliphatic rings. The molecule has 4 nitrogen and oxygen atoms in total. The molecule has 0 aliphatic heterocycles. The van der Waals surface area contributed by atoms with E-state index < -0.39 is 5.97 Å². The van der Waals surface area contributed by atoms with Crippen LogP contribution in [0.15, 0.2) is 18.2 Å². The van der Waals surface area contributed by atoms with E-state index in [0.717, 1.165) is 6.07 Å². The molecule has 0 saturated heterocycles. The van der Waals surface area contributed by atoms with Crippen LogP contribution in [-0.2, 0) is 0 Å². The first kappa shape index (κ1) is 10.1. The maximum atomic E-state index is 10.5. The van der Waals surface area contributed by atoms with Crippen LogP contribution in [-0.4, -0.2) is 22.7 Å². The van der Waals surface area contributed by atoms with Crippen LogP contribution in [0.2, 0.25) is 0 Å². The van der Waals surface area contributed by atoms with Gasteiger partial charge in [0.25, 0.3) is 0 Å². The number of carbonyl (C=O) groups is 1. The first-order chi connectivity index (χ1) is 6.65. The molecule has 72 valence electrons. The lowest BCUT2D eigenvalue weighted by atomic mass is 10.1. The summed E-state index contributed by atoms with van der Waals surface area (Å²) in [5.41, 5.74) is 5.56. The standard InChI is InChI=1S/C10H9NO3/c11-5-1-2-7-3-4-8(10(13)14)6-9(7)12/h3-4,6,12H,5,11H2,(H,13,14). The molecule has 0 fully saturated rings. The molecule has 0 aromatic heterocycles. The lowest BCUT2D eigenvalue weighted by Crippen LogP contribution is -1.96. The molecule has 0 saturated carbocycles. The molecule has 4 N–H and O–H groups in total. The predicted molar refractivity (Wildman–Crippen MR) is 51.0 cm³/mol. The third-order valence-corrected chi connectivity index (χ3v) is 1.57. The Balaban J connectivity index is 3.07. The van der Waals surface area contributed by atoms with Gasteiger partial charge >= 0.3 is 5.97 Å². The van der Waals surface area contributed by atoms with Crippen LogP contribution in [0.1, 0.15) is 15.9 Å². The van der Waals surface area contributed by atoms with Crippen molar-refractivity contribution in [3.05, 3.63) is 29.3 Å². The van der Waals surface area contributed by atoms with Gasteiger partial charge in [0.15, 0.2) is 0 Å². The highest BCUT2D eigenvalue weighted by Gasteiger charge is 2.05. The average molecular weight is 191 g/mol. The predicted octanol–water partition coefficient (Wildman–Crippen LogP) is 0.401. The number of carboxylic acid groups (broad SMARTS) is 1. The molecule has 0 spiro atoms. The lowest BCUT2D eigenvalue weighted by Gasteiger charge is -1.98. The van der Waals surface area contributed by atoms with Crippen LogP contribution in [0.25, 0.3) is 0 Å². The van der Waals surface area contributed by atoms with Gasteiger partial charge in [-0.05, 0) is 18.2 Å². The Morgan fingerprint density at radius 2 is 2.21 bits per heavy atom. The van der Waals surface area contributed by atoms with Crippen LogP contribution >= 0.6 is 0 Å². The van der Waals surface area contributed by atoms with Gasteiger partial charge in [-0.2, -0.15) is 0 Å². The number of rotatable bonds is 1. The fourth-order valence-electron chi connectivity index (χ4n) is 0.917. The van der Waals surface area contributed by atoms with E-state index in [1.165, 1.54) is 12.1 Å². The SMILES string of the molecule is NCC#Cc1ccc(C(=O)O)cc1O. The zero-order valence-electron chi connectivity index (χ0n) is 7.32. The molecule has 0 unspecified atom stereocenters. The number of phenols is 1. The van der Waals surface area contributed by atoms with Crippen LogP contribution in [0.4, 0.5) is 0 Å². The molecule has 14 heavy (non-hydrogen) atoms. The van der Waals surface area contributed by atoms with Crippen molar-refractivity contribution in [3.63, 3.8) is 0 Å². The zero-order chi connectivity index (χ0) is 10.6. The Labute approximate surface area is 81.0 Å². The van der Waals surface area contributed by atoms with Gasteiger partial charge in [0.2, 0.25) is 0 Å². The monoisotopic (exact) mass is 191 g/mol. The number of hydrogen-bond acceptors (Lipinski definition) is 3. The summed E-state index contributed by atoms with van der Waals surface area (Å²) in [4.78, 5) is 10.5. The Hall–Kier alpha value is -1.99. The highest BCUT2D eigenvalue weighted by Crippen LogP contribution is 2.17. The van der Waals surface area contributed by atoms with Gasteiger partial charge in [-0.25, -0.2) is 4.79 Å². The molecule has 1 aromatic rings. The number of aromatic hydroxyl groups is 1. The van der Waals surface area contributed by atoms with Crippen LogP contribution in [0.3, 0.4) is 0 Å². The topological polar surface area (TPSA) is 83.6 Å². The first-order valence-electron chi connectivity index (χ1n) is 3.90. The lowest BCUT2D eigenvalue weighted by molar-refractivity contribution is 0.0696. The van der Waals surface area contributed by atoms with E-state index >= 15 is 0 Å². The van der Waals surface area contributed by atoms with Crippen molar-refractivity contribution in [2.45, 2.75) is 0 Å². The quantitative estimate of drug-likeness (QED) is 0.561. The van der Waals surface area contributed by atoms with E-state index in [1.807, 2.05) is 0 Å². The Bertz CT molecular complexity index is 415. The summed E-state index contributed by atoms with van der Waals surface area (Å²) in [7, 11) is 0. The molecule has 4 heteroatoms. The third-order valence-electron chi connectivity index (χ3n) is 1.57. The normalized spacial score (nSPS) is 8.93. The van der Waals surface area contributed by atoms with Crippen LogP contribution < -0.4 is 5.73 Å². The van der Waals surface area contributed by atoms with Crippen molar-refractivity contribution < 1.29 is 15.0 Å². The van der Waals surface area contributed by atoms with E-state index in [-0.39, 0.29) is 17.9 Å². The second kappa shape index (κ2) is 4.30. The molecule has 0 bridgehead atoms. The molecule has 0 amide bonds. The van der Waals surface area contributed by atoms with Gasteiger partial charge in [-0.1, -0.05) is 11.8 Å². The molecular weight excluding hydrogens is 182 g/mol. The third kappa shape index (κ3) is 2.25. The second-order valence-corrected chi connectivity index (χ2v) is 2.54. The summed E-state index contributed by atoms with van der Waals surface area (Å²) in [5, 5.41) is 18.0. The van der Waals surface area contributed by atoms with Crippen LogP contribution in [0, 0.1) is 11.8 Å². The van der Waals surface area contributed by atoms with Crippen molar-refractivity contribution in [3.8, 4) is 17.6 Å². The van der Waals surface area contributed by atoms with Crippen molar-refractivity contribution >= 4 is 5.97 Å². The summed E-state index contributed by atoms with van der Waals surface area (Å²) in [6, 6.07) is 3.98. The van der Waals surface area contributed by atoms with Gasteiger partial charge < -0.3 is 15.9 Å². The molecule has 0 heterocycles. The fourth-order valence-corrected chi connectivity index (χ4v) is 0.917. The van der Waals surface area contributed by atoms with Gasteiger partial charge in [-0.3, -0.25) is 0 Å². The Morgan fingerprint density at radius 3 is 2.71 bits per heavy atom. The number of hydrogen-bond donors (Lipinski definition) is 3. The number of phenolic OH excluding ortho intramolecular Hbond substituents is 1. The maximum absolute atomic E-state index is 10.5. The van der Waals surface area contributed by atoms with Crippen molar-refractivity contribution in [2.75, 3.05) is 6.54 Å². The van der Waals surface area contributed by atoms with E-state index in [2.05, 4.69) is 11.8 Å². The minimum absolute atomic E-state index is 0.0285. The van der Waals surface area contributed by atoms with E-state index in [4.69, 9.17) is 10.8 Å². The highest BCUT2D eigenvalue weighted by atomic mass is 16.4. The zero-order valence-corrected chi connectivity index (χ0v) is 7.32. The minimum atomic E-state index is -1.08. The number of aromatic carboxylic acids is 1. The highest BCUT2D eigenvalue weighted by molar-refractivity contribution is 5.88. The van der Waals surface area contributed by atoms with E-state index in [1.54, 1.807) is 0 Å². The average Bonchev–Trinajstić information content (AvgIpc) is 2.15. The Morgan fingerprint density at radius 1 is 1.50 bits per heavy atom. The molecule has 1 aromatic carbocycles. The van der Waals surface area contributed by atoms with Gasteiger partial charge in [0.1, 0.15) is 5.75 Å². The van der Waals surface area contributed by atoms with Crippen molar-refractivity contribution in [1.29, 1.82) is 0 Å². The fraction of sp³-hybridized carbons (Fsp3) is 0.100. The summed E-state index contributed by atoms with van der Waals surface area (Å²) in [6.07, 6.45) is 0. The van der Waals surface area contributed by atoms with Gasteiger partial charge in [0, 0.05) is 0 Å². The number of nitrogens with two attached hydrogens (primary N) is 1. The summed E-state index contributed by atoms with van der Waals surface area (Å²) in [5.74, 6) is 3.95. The summed E-state index contributed by atoms with van der Waals surface area (Å²) < 4.78 is 0. The minimum Gasteiger partial charge on any atom is -0.507 e.